The van der Waals surface area contributed by atoms with Crippen molar-refractivity contribution in [2.75, 3.05) is 12.3 Å². The number of nitrogens with two attached hydrogens (primary N) is 1. The fourth-order valence-corrected chi connectivity index (χ4v) is 2.62. The van der Waals surface area contributed by atoms with Crippen molar-refractivity contribution in [1.82, 2.24) is 14.5 Å². The van der Waals surface area contributed by atoms with E-state index < -0.39 is 53.8 Å². The average Bonchev–Trinajstić information content (AvgIpc) is 3.00. The Kier molecular flexibility index (Phi) is 3.67. The van der Waals surface area contributed by atoms with Crippen LogP contribution in [0.25, 0.3) is 11.0 Å². The smallest absolute Gasteiger partial charge is 0.390 e. The number of fused-ring (bicyclic) bond motifs is 1. The quantitative estimate of drug-likeness (QED) is 0.558. The van der Waals surface area contributed by atoms with Crippen LogP contribution in [0.5, 0.6) is 0 Å². The zero-order chi connectivity index (χ0) is 17.9. The molecule has 1 aliphatic heterocycles. The normalized spacial score (nSPS) is 31.0. The summed E-state index contributed by atoms with van der Waals surface area (Å²) >= 11 is 0. The Balaban J connectivity index is 2.20. The van der Waals surface area contributed by atoms with E-state index in [0.29, 0.717) is 10.8 Å². The minimum atomic E-state index is -4.83. The molecule has 0 aromatic carbocycles. The molecule has 3 rings (SSSR count). The highest BCUT2D eigenvalue weighted by molar-refractivity contribution is 5.90. The van der Waals surface area contributed by atoms with Crippen LogP contribution in [0, 0.1) is 0 Å². The van der Waals surface area contributed by atoms with Crippen molar-refractivity contribution in [1.29, 1.82) is 0 Å². The van der Waals surface area contributed by atoms with E-state index >= 15 is 0 Å². The standard InChI is InChI=1S/C12H12F4N4O4/c13-11(2-21)7(23)6(22)10(24-11)20-1-4(12(14,15)16)5-8(17)18-3-19-9(5)20/h1,3,6-7,10,21-23H,2H2,(H2,17,18,19)/t6-,7+,10-,11-/m1/s1. The van der Waals surface area contributed by atoms with Gasteiger partial charge in [0.05, 0.1) is 10.9 Å². The van der Waals surface area contributed by atoms with Crippen molar-refractivity contribution < 1.29 is 37.6 Å². The second-order valence-corrected chi connectivity index (χ2v) is 5.29. The molecule has 1 aliphatic rings. The molecule has 24 heavy (non-hydrogen) atoms. The summed E-state index contributed by atoms with van der Waals surface area (Å²) in [6, 6.07) is 0. The van der Waals surface area contributed by atoms with Crippen LogP contribution in [0.4, 0.5) is 23.4 Å². The van der Waals surface area contributed by atoms with E-state index in [1.54, 1.807) is 0 Å². The van der Waals surface area contributed by atoms with E-state index in [4.69, 9.17) is 15.6 Å². The van der Waals surface area contributed by atoms with Gasteiger partial charge in [-0.2, -0.15) is 13.2 Å². The second-order valence-electron chi connectivity index (χ2n) is 5.29. The van der Waals surface area contributed by atoms with Gasteiger partial charge < -0.3 is 30.4 Å². The van der Waals surface area contributed by atoms with E-state index in [-0.39, 0.29) is 5.65 Å². The van der Waals surface area contributed by atoms with Gasteiger partial charge in [-0.05, 0) is 0 Å². The first-order valence-corrected chi connectivity index (χ1v) is 6.62. The fraction of sp³-hybridized carbons (Fsp3) is 0.500. The Bertz CT molecular complexity index is 782. The molecule has 0 saturated carbocycles. The third-order valence-electron chi connectivity index (χ3n) is 3.81. The Labute approximate surface area is 131 Å². The van der Waals surface area contributed by atoms with Crippen LogP contribution >= 0.6 is 0 Å². The summed E-state index contributed by atoms with van der Waals surface area (Å²) < 4.78 is 59.2. The number of ether oxygens (including phenoxy) is 1. The van der Waals surface area contributed by atoms with Crippen LogP contribution in [-0.2, 0) is 10.9 Å². The Morgan fingerprint density at radius 2 is 2.00 bits per heavy atom. The summed E-state index contributed by atoms with van der Waals surface area (Å²) in [5.41, 5.74) is 3.90. The summed E-state index contributed by atoms with van der Waals surface area (Å²) in [5, 5.41) is 28.0. The molecular weight excluding hydrogens is 340 g/mol. The number of hydrogen-bond donors (Lipinski definition) is 4. The van der Waals surface area contributed by atoms with Gasteiger partial charge in [-0.25, -0.2) is 14.4 Å². The first-order valence-electron chi connectivity index (χ1n) is 6.62. The molecule has 1 fully saturated rings. The summed E-state index contributed by atoms with van der Waals surface area (Å²) in [5.74, 6) is -3.50. The van der Waals surface area contributed by atoms with Gasteiger partial charge in [-0.15, -0.1) is 0 Å². The lowest BCUT2D eigenvalue weighted by atomic mass is 10.1. The number of aromatic nitrogens is 3. The van der Waals surface area contributed by atoms with Crippen LogP contribution in [-0.4, -0.2) is 54.5 Å². The molecule has 0 aliphatic carbocycles. The van der Waals surface area contributed by atoms with Gasteiger partial charge in [0.2, 0.25) is 0 Å². The first-order chi connectivity index (χ1) is 11.1. The molecule has 0 unspecified atom stereocenters. The zero-order valence-electron chi connectivity index (χ0n) is 11.8. The van der Waals surface area contributed by atoms with E-state index in [2.05, 4.69) is 9.97 Å². The molecule has 3 heterocycles. The molecule has 12 heteroatoms. The van der Waals surface area contributed by atoms with Crippen molar-refractivity contribution >= 4 is 16.9 Å². The summed E-state index contributed by atoms with van der Waals surface area (Å²) in [6.07, 6.45) is -9.28. The summed E-state index contributed by atoms with van der Waals surface area (Å²) in [4.78, 5) is 7.15. The number of nitrogens with zero attached hydrogens (tertiary/aromatic N) is 3. The number of aliphatic hydroxyl groups excluding tert-OH is 3. The second kappa shape index (κ2) is 5.24. The van der Waals surface area contributed by atoms with Crippen LogP contribution < -0.4 is 5.73 Å². The third kappa shape index (κ3) is 2.30. The molecule has 0 amide bonds. The van der Waals surface area contributed by atoms with Gasteiger partial charge in [0.15, 0.2) is 6.23 Å². The molecule has 0 spiro atoms. The topological polar surface area (TPSA) is 127 Å². The third-order valence-corrected chi connectivity index (χ3v) is 3.81. The van der Waals surface area contributed by atoms with Crippen molar-refractivity contribution in [3.8, 4) is 0 Å². The maximum atomic E-state index is 14.2. The minimum Gasteiger partial charge on any atom is -0.390 e. The van der Waals surface area contributed by atoms with Crippen molar-refractivity contribution in [3.63, 3.8) is 0 Å². The van der Waals surface area contributed by atoms with E-state index in [9.17, 15) is 27.8 Å². The minimum absolute atomic E-state index is 0.367. The lowest BCUT2D eigenvalue weighted by Gasteiger charge is -2.20. The number of halogens is 4. The first kappa shape index (κ1) is 16.8. The SMILES string of the molecule is Nc1ncnc2c1c(C(F)(F)F)cn2[C@@H]1O[C@](F)(CO)[C@@H](O)[C@H]1O. The van der Waals surface area contributed by atoms with Crippen molar-refractivity contribution in [3.05, 3.63) is 18.1 Å². The van der Waals surface area contributed by atoms with E-state index in [1.165, 1.54) is 0 Å². The molecule has 0 radical (unpaired) electrons. The highest BCUT2D eigenvalue weighted by atomic mass is 19.4. The maximum Gasteiger partial charge on any atom is 0.418 e. The molecule has 2 aromatic rings. The highest BCUT2D eigenvalue weighted by Gasteiger charge is 2.56. The molecule has 0 bridgehead atoms. The Morgan fingerprint density at radius 1 is 1.33 bits per heavy atom. The zero-order valence-corrected chi connectivity index (χ0v) is 11.8. The van der Waals surface area contributed by atoms with Crippen LogP contribution in [0.2, 0.25) is 0 Å². The van der Waals surface area contributed by atoms with E-state index in [1.807, 2.05) is 0 Å². The van der Waals surface area contributed by atoms with Gasteiger partial charge in [0.1, 0.15) is 36.6 Å². The molecule has 132 valence electrons. The Hall–Kier alpha value is -2.02. The lowest BCUT2D eigenvalue weighted by molar-refractivity contribution is -0.206. The fourth-order valence-electron chi connectivity index (χ4n) is 2.62. The highest BCUT2D eigenvalue weighted by Crippen LogP contribution is 2.43. The maximum absolute atomic E-state index is 14.2. The largest absolute Gasteiger partial charge is 0.418 e. The van der Waals surface area contributed by atoms with Gasteiger partial charge in [0, 0.05) is 6.20 Å². The average molecular weight is 352 g/mol. The number of nitrogen functional groups attached to an aromatic ring is 1. The molecule has 8 nitrogen and oxygen atoms in total. The van der Waals surface area contributed by atoms with Crippen LogP contribution in [0.1, 0.15) is 11.8 Å². The van der Waals surface area contributed by atoms with Crippen molar-refractivity contribution in [2.24, 2.45) is 0 Å². The van der Waals surface area contributed by atoms with Gasteiger partial charge in [-0.1, -0.05) is 0 Å². The number of aliphatic hydroxyl groups is 3. The monoisotopic (exact) mass is 352 g/mol. The van der Waals surface area contributed by atoms with Gasteiger partial charge in [-0.3, -0.25) is 0 Å². The van der Waals surface area contributed by atoms with Crippen LogP contribution in [0.15, 0.2) is 12.5 Å². The molecule has 4 atom stereocenters. The van der Waals surface area contributed by atoms with Gasteiger partial charge >= 0.3 is 6.18 Å². The van der Waals surface area contributed by atoms with Gasteiger partial charge in [0.25, 0.3) is 5.85 Å². The summed E-state index contributed by atoms with van der Waals surface area (Å²) in [7, 11) is 0. The summed E-state index contributed by atoms with van der Waals surface area (Å²) in [6.45, 7) is -1.30. The number of alkyl halides is 4. The number of hydrogen-bond acceptors (Lipinski definition) is 7. The Morgan fingerprint density at radius 3 is 2.54 bits per heavy atom. The van der Waals surface area contributed by atoms with Crippen LogP contribution in [0.3, 0.4) is 0 Å². The predicted molar refractivity (Wildman–Crippen MR) is 70.0 cm³/mol. The predicted octanol–water partition coefficient (Wildman–Crippen LogP) is -0.0590. The molecule has 5 N–H and O–H groups in total. The lowest BCUT2D eigenvalue weighted by Crippen LogP contribution is -2.42. The number of rotatable bonds is 2. The van der Waals surface area contributed by atoms with Crippen molar-refractivity contribution in [2.45, 2.75) is 30.5 Å². The number of anilines is 1. The van der Waals surface area contributed by atoms with E-state index in [0.717, 1.165) is 6.33 Å². The molecular formula is C12H12F4N4O4. The molecule has 1 saturated heterocycles. The molecule has 2 aromatic heterocycles.